The van der Waals surface area contributed by atoms with Crippen molar-refractivity contribution in [3.8, 4) is 0 Å². The van der Waals surface area contributed by atoms with Crippen molar-refractivity contribution >= 4 is 23.5 Å². The smallest absolute Gasteiger partial charge is 0.325 e. The lowest BCUT2D eigenvalue weighted by atomic mass is 10.2. The van der Waals surface area contributed by atoms with Crippen LogP contribution in [0.25, 0.3) is 0 Å². The van der Waals surface area contributed by atoms with Gasteiger partial charge in [0.05, 0.1) is 5.02 Å². The number of carboxylic acids is 1. The van der Waals surface area contributed by atoms with Gasteiger partial charge in [0.25, 0.3) is 5.91 Å². The Bertz CT molecular complexity index is 436. The van der Waals surface area contributed by atoms with Crippen LogP contribution in [0.5, 0.6) is 0 Å². The Morgan fingerprint density at radius 3 is 2.62 bits per heavy atom. The van der Waals surface area contributed by atoms with Gasteiger partial charge in [0.15, 0.2) is 0 Å². The molecule has 1 atom stereocenters. The van der Waals surface area contributed by atoms with Gasteiger partial charge in [-0.25, -0.2) is 4.39 Å². The molecule has 0 aliphatic carbocycles. The highest BCUT2D eigenvalue weighted by atomic mass is 35.5. The van der Waals surface area contributed by atoms with Crippen LogP contribution in [0.2, 0.25) is 5.02 Å². The van der Waals surface area contributed by atoms with Crippen LogP contribution in [0, 0.1) is 5.82 Å². The Hall–Kier alpha value is -1.62. The number of hydrogen-bond donors (Lipinski definition) is 2. The summed E-state index contributed by atoms with van der Waals surface area (Å²) in [5, 5.41) is 10.6. The number of benzene rings is 1. The molecule has 0 saturated heterocycles. The summed E-state index contributed by atoms with van der Waals surface area (Å²) < 4.78 is 12.8. The van der Waals surface area contributed by atoms with E-state index in [0.29, 0.717) is 0 Å². The Labute approximate surface area is 96.0 Å². The predicted octanol–water partition coefficient (Wildman–Crippen LogP) is 1.68. The molecule has 1 aromatic rings. The number of nitrogens with one attached hydrogen (secondary N) is 1. The van der Waals surface area contributed by atoms with Crippen molar-refractivity contribution in [3.63, 3.8) is 0 Å². The zero-order chi connectivity index (χ0) is 12.3. The standard InChI is InChI=1S/C10H9ClFNO3/c1-5(10(15)16)13-9(14)6-2-3-8(12)7(11)4-6/h2-5H,1H3,(H,13,14)(H,15,16)/t5-/m0/s1. The van der Waals surface area contributed by atoms with E-state index in [9.17, 15) is 14.0 Å². The number of carboxylic acid groups (broad SMARTS) is 1. The summed E-state index contributed by atoms with van der Waals surface area (Å²) in [5.74, 6) is -2.40. The molecular weight excluding hydrogens is 237 g/mol. The van der Waals surface area contributed by atoms with Gasteiger partial charge in [-0.2, -0.15) is 0 Å². The van der Waals surface area contributed by atoms with E-state index in [1.807, 2.05) is 0 Å². The Morgan fingerprint density at radius 2 is 2.12 bits per heavy atom. The van der Waals surface area contributed by atoms with Crippen LogP contribution >= 0.6 is 11.6 Å². The third-order valence-electron chi connectivity index (χ3n) is 1.90. The van der Waals surface area contributed by atoms with E-state index >= 15 is 0 Å². The predicted molar refractivity (Wildman–Crippen MR) is 56.0 cm³/mol. The molecule has 0 radical (unpaired) electrons. The lowest BCUT2D eigenvalue weighted by molar-refractivity contribution is -0.138. The van der Waals surface area contributed by atoms with Crippen LogP contribution in [-0.4, -0.2) is 23.0 Å². The molecule has 0 heterocycles. The second-order valence-corrected chi connectivity index (χ2v) is 3.57. The highest BCUT2D eigenvalue weighted by molar-refractivity contribution is 6.31. The lowest BCUT2D eigenvalue weighted by Gasteiger charge is -2.09. The first kappa shape index (κ1) is 12.4. The summed E-state index contributed by atoms with van der Waals surface area (Å²) in [7, 11) is 0. The molecule has 86 valence electrons. The SMILES string of the molecule is C[C@H](NC(=O)c1ccc(F)c(Cl)c1)C(=O)O. The minimum Gasteiger partial charge on any atom is -0.480 e. The van der Waals surface area contributed by atoms with E-state index in [1.54, 1.807) is 0 Å². The fourth-order valence-corrected chi connectivity index (χ4v) is 1.16. The molecular formula is C10H9ClFNO3. The summed E-state index contributed by atoms with van der Waals surface area (Å²) in [6.07, 6.45) is 0. The second kappa shape index (κ2) is 4.94. The van der Waals surface area contributed by atoms with E-state index in [2.05, 4.69) is 5.32 Å². The molecule has 0 fully saturated rings. The van der Waals surface area contributed by atoms with Crippen molar-refractivity contribution < 1.29 is 19.1 Å². The van der Waals surface area contributed by atoms with Crippen molar-refractivity contribution in [2.24, 2.45) is 0 Å². The van der Waals surface area contributed by atoms with Crippen LogP contribution in [-0.2, 0) is 4.79 Å². The molecule has 1 aromatic carbocycles. The van der Waals surface area contributed by atoms with Gasteiger partial charge in [0.1, 0.15) is 11.9 Å². The van der Waals surface area contributed by atoms with Gasteiger partial charge < -0.3 is 10.4 Å². The normalized spacial score (nSPS) is 11.9. The number of halogens is 2. The van der Waals surface area contributed by atoms with Crippen LogP contribution < -0.4 is 5.32 Å². The monoisotopic (exact) mass is 245 g/mol. The van der Waals surface area contributed by atoms with E-state index < -0.39 is 23.7 Å². The Morgan fingerprint density at radius 1 is 1.50 bits per heavy atom. The minimum atomic E-state index is -1.15. The Balaban J connectivity index is 2.81. The quantitative estimate of drug-likeness (QED) is 0.852. The van der Waals surface area contributed by atoms with Crippen molar-refractivity contribution in [2.45, 2.75) is 13.0 Å². The second-order valence-electron chi connectivity index (χ2n) is 3.16. The first-order valence-corrected chi connectivity index (χ1v) is 4.78. The van der Waals surface area contributed by atoms with Crippen molar-refractivity contribution in [3.05, 3.63) is 34.6 Å². The number of carbonyl (C=O) groups excluding carboxylic acids is 1. The van der Waals surface area contributed by atoms with Crippen molar-refractivity contribution in [1.29, 1.82) is 0 Å². The fraction of sp³-hybridized carbons (Fsp3) is 0.200. The molecule has 0 aliphatic heterocycles. The average Bonchev–Trinajstić information content (AvgIpc) is 2.21. The van der Waals surface area contributed by atoms with E-state index in [1.165, 1.54) is 13.0 Å². The maximum atomic E-state index is 12.8. The summed E-state index contributed by atoms with van der Waals surface area (Å²) in [4.78, 5) is 22.0. The maximum absolute atomic E-state index is 12.8. The van der Waals surface area contributed by atoms with Crippen molar-refractivity contribution in [2.75, 3.05) is 0 Å². The van der Waals surface area contributed by atoms with Gasteiger partial charge in [-0.05, 0) is 25.1 Å². The average molecular weight is 246 g/mol. The number of carbonyl (C=O) groups is 2. The summed E-state index contributed by atoms with van der Waals surface area (Å²) in [5.41, 5.74) is 0.111. The third-order valence-corrected chi connectivity index (χ3v) is 2.19. The van der Waals surface area contributed by atoms with Gasteiger partial charge in [-0.15, -0.1) is 0 Å². The topological polar surface area (TPSA) is 66.4 Å². The zero-order valence-corrected chi connectivity index (χ0v) is 9.08. The fourth-order valence-electron chi connectivity index (χ4n) is 0.979. The summed E-state index contributed by atoms with van der Waals surface area (Å²) in [6.45, 7) is 1.32. The molecule has 4 nitrogen and oxygen atoms in total. The third kappa shape index (κ3) is 2.93. The molecule has 0 aromatic heterocycles. The van der Waals surface area contributed by atoms with Gasteiger partial charge >= 0.3 is 5.97 Å². The van der Waals surface area contributed by atoms with Gasteiger partial charge in [0.2, 0.25) is 0 Å². The minimum absolute atomic E-state index is 0.111. The molecule has 6 heteroatoms. The van der Waals surface area contributed by atoms with Crippen LogP contribution in [0.15, 0.2) is 18.2 Å². The largest absolute Gasteiger partial charge is 0.480 e. The molecule has 0 aliphatic rings. The van der Waals surface area contributed by atoms with E-state index in [4.69, 9.17) is 16.7 Å². The van der Waals surface area contributed by atoms with Crippen LogP contribution in [0.1, 0.15) is 17.3 Å². The molecule has 2 N–H and O–H groups in total. The van der Waals surface area contributed by atoms with Crippen molar-refractivity contribution in [1.82, 2.24) is 5.32 Å². The molecule has 1 rings (SSSR count). The number of rotatable bonds is 3. The highest BCUT2D eigenvalue weighted by Gasteiger charge is 2.15. The van der Waals surface area contributed by atoms with E-state index in [-0.39, 0.29) is 10.6 Å². The molecule has 0 unspecified atom stereocenters. The molecule has 0 saturated carbocycles. The molecule has 0 bridgehead atoms. The first-order chi connectivity index (χ1) is 7.41. The zero-order valence-electron chi connectivity index (χ0n) is 8.33. The van der Waals surface area contributed by atoms with Gasteiger partial charge in [-0.1, -0.05) is 11.6 Å². The maximum Gasteiger partial charge on any atom is 0.325 e. The molecule has 1 amide bonds. The van der Waals surface area contributed by atoms with E-state index in [0.717, 1.165) is 12.1 Å². The summed E-state index contributed by atoms with van der Waals surface area (Å²) in [6, 6.07) is 2.39. The molecule has 0 spiro atoms. The highest BCUT2D eigenvalue weighted by Crippen LogP contribution is 2.15. The lowest BCUT2D eigenvalue weighted by Crippen LogP contribution is -2.38. The van der Waals surface area contributed by atoms with Crippen LogP contribution in [0.3, 0.4) is 0 Å². The van der Waals surface area contributed by atoms with Gasteiger partial charge in [0, 0.05) is 5.56 Å². The number of amides is 1. The summed E-state index contributed by atoms with van der Waals surface area (Å²) >= 11 is 5.49. The first-order valence-electron chi connectivity index (χ1n) is 4.40. The Kier molecular flexibility index (Phi) is 3.84. The van der Waals surface area contributed by atoms with Crippen LogP contribution in [0.4, 0.5) is 4.39 Å². The number of aliphatic carboxylic acids is 1. The van der Waals surface area contributed by atoms with Gasteiger partial charge in [-0.3, -0.25) is 9.59 Å². The molecule has 16 heavy (non-hydrogen) atoms. The number of hydrogen-bond acceptors (Lipinski definition) is 2.